The molecule has 0 aliphatic heterocycles. The molecule has 0 saturated heterocycles. The Morgan fingerprint density at radius 1 is 1.05 bits per heavy atom. The van der Waals surface area contributed by atoms with E-state index in [1.165, 1.54) is 6.07 Å². The van der Waals surface area contributed by atoms with Gasteiger partial charge >= 0.3 is 11.8 Å². The molecule has 6 heteroatoms. The number of phenolic OH excluding ortho intramolecular Hbond substituents is 1. The van der Waals surface area contributed by atoms with E-state index in [-0.39, 0.29) is 11.4 Å². The van der Waals surface area contributed by atoms with Gasteiger partial charge in [-0.15, -0.1) is 0 Å². The minimum Gasteiger partial charge on any atom is -0.506 e. The highest BCUT2D eigenvalue weighted by Gasteiger charge is 2.16. The van der Waals surface area contributed by atoms with Crippen LogP contribution in [0.2, 0.25) is 0 Å². The summed E-state index contributed by atoms with van der Waals surface area (Å²) in [7, 11) is 0. The Morgan fingerprint density at radius 2 is 1.76 bits per heavy atom. The number of aryl methyl sites for hydroxylation is 2. The molecule has 1 aromatic carbocycles. The Morgan fingerprint density at radius 3 is 2.48 bits per heavy atom. The number of nitrogens with zero attached hydrogens (tertiary/aromatic N) is 1. The largest absolute Gasteiger partial charge is 0.506 e. The summed E-state index contributed by atoms with van der Waals surface area (Å²) in [6.45, 7) is 3.59. The Bertz CT molecular complexity index is 698. The predicted octanol–water partition coefficient (Wildman–Crippen LogP) is 1.98. The van der Waals surface area contributed by atoms with Crippen LogP contribution < -0.4 is 10.6 Å². The first-order chi connectivity index (χ1) is 9.95. The van der Waals surface area contributed by atoms with Gasteiger partial charge in [0.2, 0.25) is 0 Å². The van der Waals surface area contributed by atoms with Gasteiger partial charge in [0.1, 0.15) is 11.6 Å². The van der Waals surface area contributed by atoms with Crippen molar-refractivity contribution < 1.29 is 14.7 Å². The van der Waals surface area contributed by atoms with Gasteiger partial charge in [0, 0.05) is 5.69 Å². The maximum atomic E-state index is 11.8. The third-order valence-electron chi connectivity index (χ3n) is 2.74. The van der Waals surface area contributed by atoms with Crippen LogP contribution in [0, 0.1) is 13.8 Å². The van der Waals surface area contributed by atoms with Crippen molar-refractivity contribution >= 4 is 23.3 Å². The number of carbonyl (C=O) groups is 2. The monoisotopic (exact) mass is 285 g/mol. The molecule has 108 valence electrons. The fourth-order valence-corrected chi connectivity index (χ4v) is 1.71. The second-order valence-electron chi connectivity index (χ2n) is 4.59. The van der Waals surface area contributed by atoms with Crippen molar-refractivity contribution in [3.63, 3.8) is 0 Å². The molecule has 1 aromatic heterocycles. The number of rotatable bonds is 2. The fraction of sp³-hybridized carbons (Fsp3) is 0.133. The molecule has 0 bridgehead atoms. The van der Waals surface area contributed by atoms with Gasteiger partial charge < -0.3 is 15.7 Å². The van der Waals surface area contributed by atoms with Gasteiger partial charge in [-0.2, -0.15) is 0 Å². The highest BCUT2D eigenvalue weighted by molar-refractivity contribution is 6.43. The van der Waals surface area contributed by atoms with E-state index < -0.39 is 11.8 Å². The van der Waals surface area contributed by atoms with E-state index in [0.29, 0.717) is 5.82 Å². The van der Waals surface area contributed by atoms with E-state index in [2.05, 4.69) is 15.6 Å². The molecular formula is C15H15N3O3. The van der Waals surface area contributed by atoms with Crippen LogP contribution in [0.5, 0.6) is 5.75 Å². The first kappa shape index (κ1) is 14.5. The number of pyridine rings is 1. The van der Waals surface area contributed by atoms with E-state index in [9.17, 15) is 14.7 Å². The molecule has 0 atom stereocenters. The van der Waals surface area contributed by atoms with Crippen molar-refractivity contribution in [1.82, 2.24) is 4.98 Å². The van der Waals surface area contributed by atoms with Gasteiger partial charge in [0.05, 0.1) is 5.69 Å². The number of hydrogen-bond acceptors (Lipinski definition) is 4. The van der Waals surface area contributed by atoms with E-state index >= 15 is 0 Å². The number of carbonyl (C=O) groups excluding carboxylic acids is 2. The quantitative estimate of drug-likeness (QED) is 0.581. The van der Waals surface area contributed by atoms with Crippen LogP contribution >= 0.6 is 0 Å². The van der Waals surface area contributed by atoms with Crippen LogP contribution in [0.4, 0.5) is 11.5 Å². The summed E-state index contributed by atoms with van der Waals surface area (Å²) < 4.78 is 0. The number of aromatic hydroxyl groups is 1. The summed E-state index contributed by atoms with van der Waals surface area (Å²) in [4.78, 5) is 27.7. The number of anilines is 2. The van der Waals surface area contributed by atoms with Crippen LogP contribution in [0.15, 0.2) is 36.4 Å². The molecule has 0 aliphatic rings. The van der Waals surface area contributed by atoms with E-state index in [4.69, 9.17) is 0 Å². The van der Waals surface area contributed by atoms with Crippen molar-refractivity contribution in [3.8, 4) is 5.75 Å². The normalized spacial score (nSPS) is 10.0. The molecule has 1 heterocycles. The van der Waals surface area contributed by atoms with Gasteiger partial charge in [0.25, 0.3) is 0 Å². The molecule has 2 aromatic rings. The zero-order chi connectivity index (χ0) is 15.4. The average Bonchev–Trinajstić information content (AvgIpc) is 2.43. The Labute approximate surface area is 121 Å². The SMILES string of the molecule is Cc1ccc(O)c(NC(=O)C(=O)Nc2cccc(C)n2)c1. The zero-order valence-electron chi connectivity index (χ0n) is 11.7. The lowest BCUT2D eigenvalue weighted by Crippen LogP contribution is -2.29. The molecule has 0 saturated carbocycles. The molecule has 0 spiro atoms. The van der Waals surface area contributed by atoms with Gasteiger partial charge in [-0.1, -0.05) is 12.1 Å². The number of amides is 2. The molecule has 3 N–H and O–H groups in total. The second kappa shape index (κ2) is 6.04. The smallest absolute Gasteiger partial charge is 0.315 e. The first-order valence-corrected chi connectivity index (χ1v) is 6.31. The molecule has 0 fully saturated rings. The maximum absolute atomic E-state index is 11.8. The van der Waals surface area contributed by atoms with Crippen LogP contribution in [0.25, 0.3) is 0 Å². The summed E-state index contributed by atoms with van der Waals surface area (Å²) in [6, 6.07) is 9.81. The average molecular weight is 285 g/mol. The standard InChI is InChI=1S/C15H15N3O3/c1-9-6-7-12(19)11(8-9)17-14(20)15(21)18-13-5-3-4-10(2)16-13/h3-8,19H,1-2H3,(H,17,20)(H,16,18,21). The van der Waals surface area contributed by atoms with Crippen molar-refractivity contribution in [2.45, 2.75) is 13.8 Å². The lowest BCUT2D eigenvalue weighted by molar-refractivity contribution is -0.133. The Hall–Kier alpha value is -2.89. The lowest BCUT2D eigenvalue weighted by Gasteiger charge is -2.08. The molecule has 0 aliphatic carbocycles. The molecular weight excluding hydrogens is 270 g/mol. The highest BCUT2D eigenvalue weighted by atomic mass is 16.3. The zero-order valence-corrected chi connectivity index (χ0v) is 11.7. The van der Waals surface area contributed by atoms with Gasteiger partial charge in [-0.25, -0.2) is 4.98 Å². The maximum Gasteiger partial charge on any atom is 0.315 e. The highest BCUT2D eigenvalue weighted by Crippen LogP contribution is 2.23. The molecule has 0 unspecified atom stereocenters. The van der Waals surface area contributed by atoms with Crippen molar-refractivity contribution in [3.05, 3.63) is 47.7 Å². The number of nitrogens with one attached hydrogen (secondary N) is 2. The first-order valence-electron chi connectivity index (χ1n) is 6.31. The van der Waals surface area contributed by atoms with E-state index in [1.807, 2.05) is 6.92 Å². The van der Waals surface area contributed by atoms with Crippen molar-refractivity contribution in [2.75, 3.05) is 10.6 Å². The minimum atomic E-state index is -0.876. The number of benzene rings is 1. The number of phenols is 1. The number of aromatic nitrogens is 1. The molecule has 2 amide bonds. The third-order valence-corrected chi connectivity index (χ3v) is 2.74. The van der Waals surface area contributed by atoms with Crippen molar-refractivity contribution in [1.29, 1.82) is 0 Å². The van der Waals surface area contributed by atoms with Gasteiger partial charge in [-0.05, 0) is 43.7 Å². The Kier molecular flexibility index (Phi) is 4.18. The fourth-order valence-electron chi connectivity index (χ4n) is 1.71. The van der Waals surface area contributed by atoms with Crippen LogP contribution in [0.3, 0.4) is 0 Å². The topological polar surface area (TPSA) is 91.3 Å². The van der Waals surface area contributed by atoms with Gasteiger partial charge in [0.15, 0.2) is 0 Å². The summed E-state index contributed by atoms with van der Waals surface area (Å²) in [6.07, 6.45) is 0. The Balaban J connectivity index is 2.06. The van der Waals surface area contributed by atoms with Crippen molar-refractivity contribution in [2.24, 2.45) is 0 Å². The molecule has 6 nitrogen and oxygen atoms in total. The summed E-state index contributed by atoms with van der Waals surface area (Å²) in [5.74, 6) is -1.53. The second-order valence-corrected chi connectivity index (χ2v) is 4.59. The van der Waals surface area contributed by atoms with Crippen LogP contribution in [0.1, 0.15) is 11.3 Å². The summed E-state index contributed by atoms with van der Waals surface area (Å²) >= 11 is 0. The summed E-state index contributed by atoms with van der Waals surface area (Å²) in [5, 5.41) is 14.4. The summed E-state index contributed by atoms with van der Waals surface area (Å²) in [5.41, 5.74) is 1.76. The van der Waals surface area contributed by atoms with E-state index in [0.717, 1.165) is 11.3 Å². The predicted molar refractivity (Wildman–Crippen MR) is 79.1 cm³/mol. The number of hydrogen-bond donors (Lipinski definition) is 3. The minimum absolute atomic E-state index is 0.101. The molecule has 21 heavy (non-hydrogen) atoms. The lowest BCUT2D eigenvalue weighted by atomic mass is 10.2. The molecule has 0 radical (unpaired) electrons. The van der Waals surface area contributed by atoms with Crippen LogP contribution in [-0.2, 0) is 9.59 Å². The van der Waals surface area contributed by atoms with Crippen LogP contribution in [-0.4, -0.2) is 21.9 Å². The van der Waals surface area contributed by atoms with Gasteiger partial charge in [-0.3, -0.25) is 9.59 Å². The van der Waals surface area contributed by atoms with E-state index in [1.54, 1.807) is 37.3 Å². The third kappa shape index (κ3) is 3.79. The molecule has 2 rings (SSSR count).